The van der Waals surface area contributed by atoms with Crippen molar-refractivity contribution < 1.29 is 9.59 Å². The summed E-state index contributed by atoms with van der Waals surface area (Å²) in [6.45, 7) is 4.07. The number of amides is 3. The summed E-state index contributed by atoms with van der Waals surface area (Å²) in [4.78, 5) is 30.0. The fourth-order valence-corrected chi connectivity index (χ4v) is 3.23. The highest BCUT2D eigenvalue weighted by molar-refractivity contribution is 5.94. The van der Waals surface area contributed by atoms with Gasteiger partial charge in [0.2, 0.25) is 5.91 Å². The Labute approximate surface area is 147 Å². The Bertz CT molecular complexity index is 776. The van der Waals surface area contributed by atoms with Crippen LogP contribution in [0.2, 0.25) is 0 Å². The predicted octanol–water partition coefficient (Wildman–Crippen LogP) is 3.72. The third-order valence-corrected chi connectivity index (χ3v) is 4.49. The first-order chi connectivity index (χ1) is 12.1. The van der Waals surface area contributed by atoms with Gasteiger partial charge in [0, 0.05) is 37.2 Å². The number of hydrogen-bond donors (Lipinski definition) is 2. The van der Waals surface area contributed by atoms with Crippen molar-refractivity contribution in [3.8, 4) is 0 Å². The van der Waals surface area contributed by atoms with Crippen LogP contribution in [0, 0.1) is 6.92 Å². The number of nitrogens with one attached hydrogen (secondary N) is 2. The zero-order valence-electron chi connectivity index (χ0n) is 14.5. The van der Waals surface area contributed by atoms with Crippen molar-refractivity contribution in [1.29, 1.82) is 0 Å². The summed E-state index contributed by atoms with van der Waals surface area (Å²) >= 11 is 0. The van der Waals surface area contributed by atoms with E-state index < -0.39 is 0 Å². The van der Waals surface area contributed by atoms with Crippen LogP contribution < -0.4 is 10.6 Å². The Morgan fingerprint density at radius 2 is 1.80 bits per heavy atom. The molecule has 0 unspecified atom stereocenters. The highest BCUT2D eigenvalue weighted by Gasteiger charge is 2.30. The molecule has 1 aliphatic rings. The number of likely N-dealkylation sites (tertiary alicyclic amines) is 1. The fraction of sp³-hybridized carbons (Fsp3) is 0.316. The lowest BCUT2D eigenvalue weighted by Gasteiger charge is -2.26. The molecule has 3 amide bonds. The number of pyridine rings is 1. The van der Waals surface area contributed by atoms with E-state index in [9.17, 15) is 9.59 Å². The second kappa shape index (κ2) is 7.34. The molecule has 2 heterocycles. The lowest BCUT2D eigenvalue weighted by Crippen LogP contribution is -2.34. The maximum atomic E-state index is 12.8. The zero-order valence-corrected chi connectivity index (χ0v) is 14.5. The molecule has 1 aliphatic heterocycles. The van der Waals surface area contributed by atoms with Crippen molar-refractivity contribution >= 4 is 23.3 Å². The average Bonchev–Trinajstić information content (AvgIpc) is 3.09. The van der Waals surface area contributed by atoms with E-state index in [1.54, 1.807) is 12.4 Å². The molecule has 0 radical (unpaired) electrons. The van der Waals surface area contributed by atoms with Crippen molar-refractivity contribution in [1.82, 2.24) is 9.88 Å². The van der Waals surface area contributed by atoms with Gasteiger partial charge in [-0.2, -0.15) is 0 Å². The normalized spacial score (nSPS) is 16.6. The molecule has 6 nitrogen and oxygen atoms in total. The van der Waals surface area contributed by atoms with E-state index in [1.807, 2.05) is 42.2 Å². The largest absolute Gasteiger partial charge is 0.326 e. The Kier molecular flexibility index (Phi) is 4.97. The van der Waals surface area contributed by atoms with Gasteiger partial charge in [-0.3, -0.25) is 9.78 Å². The third kappa shape index (κ3) is 3.79. The first-order valence-electron chi connectivity index (χ1n) is 8.41. The summed E-state index contributed by atoms with van der Waals surface area (Å²) in [5.41, 5.74) is 3.35. The van der Waals surface area contributed by atoms with Crippen molar-refractivity contribution in [3.05, 3.63) is 53.9 Å². The van der Waals surface area contributed by atoms with Gasteiger partial charge in [-0.05, 0) is 55.2 Å². The molecule has 130 valence electrons. The summed E-state index contributed by atoms with van der Waals surface area (Å²) in [5, 5.41) is 5.77. The Balaban J connectivity index is 1.77. The minimum Gasteiger partial charge on any atom is -0.326 e. The second-order valence-corrected chi connectivity index (χ2v) is 6.22. The van der Waals surface area contributed by atoms with Gasteiger partial charge < -0.3 is 15.5 Å². The average molecular weight is 338 g/mol. The highest BCUT2D eigenvalue weighted by atomic mass is 16.2. The number of carbonyl (C=O) groups is 2. The summed E-state index contributed by atoms with van der Waals surface area (Å²) < 4.78 is 0. The van der Waals surface area contributed by atoms with Gasteiger partial charge in [0.1, 0.15) is 0 Å². The summed E-state index contributed by atoms with van der Waals surface area (Å²) in [6, 6.07) is 9.35. The monoisotopic (exact) mass is 338 g/mol. The molecule has 1 aromatic heterocycles. The quantitative estimate of drug-likeness (QED) is 0.896. The summed E-state index contributed by atoms with van der Waals surface area (Å²) in [7, 11) is 0. The van der Waals surface area contributed by atoms with Crippen LogP contribution in [0.1, 0.15) is 36.9 Å². The Morgan fingerprint density at radius 3 is 2.48 bits per heavy atom. The molecule has 1 saturated heterocycles. The smallest absolute Gasteiger partial charge is 0.322 e. The first kappa shape index (κ1) is 17.0. The SMILES string of the molecule is CC(=O)Nc1cccc(NC(=O)N2CCC[C@H]2c2ccncc2)c1C. The van der Waals surface area contributed by atoms with Crippen molar-refractivity contribution in [2.75, 3.05) is 17.2 Å². The molecular formula is C19H22N4O2. The van der Waals surface area contributed by atoms with Crippen LogP contribution >= 0.6 is 0 Å². The van der Waals surface area contributed by atoms with Crippen LogP contribution in [0.25, 0.3) is 0 Å². The number of rotatable bonds is 3. The van der Waals surface area contributed by atoms with Gasteiger partial charge in [0.05, 0.1) is 6.04 Å². The van der Waals surface area contributed by atoms with E-state index in [0.29, 0.717) is 11.4 Å². The molecule has 1 fully saturated rings. The highest BCUT2D eigenvalue weighted by Crippen LogP contribution is 2.32. The second-order valence-electron chi connectivity index (χ2n) is 6.22. The van der Waals surface area contributed by atoms with Crippen LogP contribution in [0.5, 0.6) is 0 Å². The molecule has 2 aromatic rings. The molecule has 1 atom stereocenters. The molecule has 0 saturated carbocycles. The standard InChI is InChI=1S/C19H22N4O2/c1-13-16(21-14(2)24)5-3-6-17(13)22-19(25)23-12-4-7-18(23)15-8-10-20-11-9-15/h3,5-6,8-11,18H,4,7,12H2,1-2H3,(H,21,24)(H,22,25)/t18-/m0/s1. The number of carbonyl (C=O) groups excluding carboxylic acids is 2. The molecule has 3 rings (SSSR count). The number of benzene rings is 1. The minimum atomic E-state index is -0.135. The van der Waals surface area contributed by atoms with Crippen LogP contribution in [0.3, 0.4) is 0 Å². The van der Waals surface area contributed by atoms with Crippen LogP contribution in [0.15, 0.2) is 42.7 Å². The number of aromatic nitrogens is 1. The lowest BCUT2D eigenvalue weighted by atomic mass is 10.1. The topological polar surface area (TPSA) is 74.3 Å². The minimum absolute atomic E-state index is 0.0711. The number of nitrogens with zero attached hydrogens (tertiary/aromatic N) is 2. The Morgan fingerprint density at radius 1 is 1.12 bits per heavy atom. The van der Waals surface area contributed by atoms with Gasteiger partial charge in [-0.15, -0.1) is 0 Å². The predicted molar refractivity (Wildman–Crippen MR) is 97.4 cm³/mol. The van der Waals surface area contributed by atoms with Crippen LogP contribution in [-0.4, -0.2) is 28.4 Å². The summed E-state index contributed by atoms with van der Waals surface area (Å²) in [6.07, 6.45) is 5.43. The maximum Gasteiger partial charge on any atom is 0.322 e. The van der Waals surface area contributed by atoms with Gasteiger partial charge >= 0.3 is 6.03 Å². The van der Waals surface area contributed by atoms with Crippen molar-refractivity contribution in [3.63, 3.8) is 0 Å². The van der Waals surface area contributed by atoms with E-state index in [4.69, 9.17) is 0 Å². The van der Waals surface area contributed by atoms with E-state index in [2.05, 4.69) is 15.6 Å². The van der Waals surface area contributed by atoms with Gasteiger partial charge in [0.15, 0.2) is 0 Å². The summed E-state index contributed by atoms with van der Waals surface area (Å²) in [5.74, 6) is -0.135. The van der Waals surface area contributed by atoms with Gasteiger partial charge in [-0.25, -0.2) is 4.79 Å². The molecule has 6 heteroatoms. The molecule has 0 aliphatic carbocycles. The molecule has 0 bridgehead atoms. The van der Waals surface area contributed by atoms with E-state index >= 15 is 0 Å². The third-order valence-electron chi connectivity index (χ3n) is 4.49. The molecule has 0 spiro atoms. The van der Waals surface area contributed by atoms with Crippen LogP contribution in [0.4, 0.5) is 16.2 Å². The molecular weight excluding hydrogens is 316 g/mol. The molecule has 25 heavy (non-hydrogen) atoms. The molecule has 1 aromatic carbocycles. The number of hydrogen-bond acceptors (Lipinski definition) is 3. The first-order valence-corrected chi connectivity index (χ1v) is 8.41. The number of anilines is 2. The van der Waals surface area contributed by atoms with Crippen molar-refractivity contribution in [2.24, 2.45) is 0 Å². The lowest BCUT2D eigenvalue weighted by molar-refractivity contribution is -0.114. The Hall–Kier alpha value is -2.89. The fourth-order valence-electron chi connectivity index (χ4n) is 3.23. The van der Waals surface area contributed by atoms with Gasteiger partial charge in [-0.1, -0.05) is 6.07 Å². The maximum absolute atomic E-state index is 12.8. The van der Waals surface area contributed by atoms with Gasteiger partial charge in [0.25, 0.3) is 0 Å². The van der Waals surface area contributed by atoms with E-state index in [0.717, 1.165) is 30.5 Å². The molecule has 2 N–H and O–H groups in total. The van der Waals surface area contributed by atoms with Crippen LogP contribution in [-0.2, 0) is 4.79 Å². The number of urea groups is 1. The van der Waals surface area contributed by atoms with E-state index in [1.165, 1.54) is 6.92 Å². The van der Waals surface area contributed by atoms with E-state index in [-0.39, 0.29) is 18.0 Å². The zero-order chi connectivity index (χ0) is 17.8. The van der Waals surface area contributed by atoms with Crippen molar-refractivity contribution in [2.45, 2.75) is 32.7 Å².